The summed E-state index contributed by atoms with van der Waals surface area (Å²) in [6.45, 7) is 8.60. The SMILES string of the molecule is CCc1nccn1C(CNCC(C)C)c1ccccc1. The number of rotatable bonds is 7. The minimum atomic E-state index is 0.312. The zero-order valence-corrected chi connectivity index (χ0v) is 12.7. The number of nitrogens with one attached hydrogen (secondary N) is 1. The van der Waals surface area contributed by atoms with Crippen molar-refractivity contribution in [3.63, 3.8) is 0 Å². The third kappa shape index (κ3) is 3.70. The van der Waals surface area contributed by atoms with Gasteiger partial charge in [-0.2, -0.15) is 0 Å². The van der Waals surface area contributed by atoms with E-state index in [1.807, 2.05) is 6.20 Å². The molecule has 0 aliphatic carbocycles. The molecule has 0 aliphatic heterocycles. The van der Waals surface area contributed by atoms with Gasteiger partial charge in [-0.1, -0.05) is 51.1 Å². The number of imidazole rings is 1. The molecule has 1 aromatic carbocycles. The van der Waals surface area contributed by atoms with E-state index in [0.717, 1.165) is 25.3 Å². The lowest BCUT2D eigenvalue weighted by Gasteiger charge is -2.22. The van der Waals surface area contributed by atoms with Gasteiger partial charge in [0.1, 0.15) is 5.82 Å². The molecule has 0 saturated carbocycles. The number of benzene rings is 1. The summed E-state index contributed by atoms with van der Waals surface area (Å²) in [4.78, 5) is 4.46. The van der Waals surface area contributed by atoms with E-state index in [9.17, 15) is 0 Å². The summed E-state index contributed by atoms with van der Waals surface area (Å²) in [5.41, 5.74) is 1.33. The predicted octanol–water partition coefficient (Wildman–Crippen LogP) is 3.28. The zero-order valence-electron chi connectivity index (χ0n) is 12.7. The Morgan fingerprint density at radius 3 is 2.55 bits per heavy atom. The summed E-state index contributed by atoms with van der Waals surface area (Å²) < 4.78 is 2.29. The molecule has 0 aliphatic rings. The highest BCUT2D eigenvalue weighted by atomic mass is 15.1. The second-order valence-electron chi connectivity index (χ2n) is 5.58. The molecule has 0 spiro atoms. The van der Waals surface area contributed by atoms with Crippen LogP contribution < -0.4 is 5.32 Å². The van der Waals surface area contributed by atoms with Crippen LogP contribution in [0.3, 0.4) is 0 Å². The summed E-state index contributed by atoms with van der Waals surface area (Å²) in [7, 11) is 0. The first kappa shape index (κ1) is 14.8. The molecule has 1 heterocycles. The Morgan fingerprint density at radius 1 is 1.15 bits per heavy atom. The predicted molar refractivity (Wildman–Crippen MR) is 83.9 cm³/mol. The molecule has 2 aromatic rings. The molecule has 108 valence electrons. The first-order valence-electron chi connectivity index (χ1n) is 7.49. The van der Waals surface area contributed by atoms with E-state index in [1.165, 1.54) is 5.56 Å². The summed E-state index contributed by atoms with van der Waals surface area (Å²) in [6, 6.07) is 11.0. The van der Waals surface area contributed by atoms with Crippen molar-refractivity contribution in [3.05, 3.63) is 54.1 Å². The van der Waals surface area contributed by atoms with Crippen LogP contribution in [-0.2, 0) is 6.42 Å². The Labute approximate surface area is 122 Å². The van der Waals surface area contributed by atoms with Crippen molar-refractivity contribution in [3.8, 4) is 0 Å². The van der Waals surface area contributed by atoms with Gasteiger partial charge in [-0.3, -0.25) is 0 Å². The molecule has 1 N–H and O–H groups in total. The van der Waals surface area contributed by atoms with Crippen LogP contribution in [0.25, 0.3) is 0 Å². The maximum Gasteiger partial charge on any atom is 0.108 e. The topological polar surface area (TPSA) is 29.9 Å². The van der Waals surface area contributed by atoms with Gasteiger partial charge in [0.15, 0.2) is 0 Å². The Morgan fingerprint density at radius 2 is 1.90 bits per heavy atom. The molecule has 0 bridgehead atoms. The molecule has 3 nitrogen and oxygen atoms in total. The highest BCUT2D eigenvalue weighted by Crippen LogP contribution is 2.19. The summed E-state index contributed by atoms with van der Waals surface area (Å²) in [5.74, 6) is 1.81. The highest BCUT2D eigenvalue weighted by Gasteiger charge is 2.15. The highest BCUT2D eigenvalue weighted by molar-refractivity contribution is 5.21. The lowest BCUT2D eigenvalue weighted by Crippen LogP contribution is -2.29. The van der Waals surface area contributed by atoms with Gasteiger partial charge in [-0.25, -0.2) is 4.98 Å². The maximum atomic E-state index is 4.46. The minimum absolute atomic E-state index is 0.312. The summed E-state index contributed by atoms with van der Waals surface area (Å²) in [5, 5.41) is 3.57. The quantitative estimate of drug-likeness (QED) is 0.837. The molecular weight excluding hydrogens is 246 g/mol. The van der Waals surface area contributed by atoms with Crippen molar-refractivity contribution >= 4 is 0 Å². The Kier molecular flexibility index (Phi) is 5.36. The zero-order chi connectivity index (χ0) is 14.4. The van der Waals surface area contributed by atoms with Crippen molar-refractivity contribution in [1.29, 1.82) is 0 Å². The second kappa shape index (κ2) is 7.25. The fourth-order valence-electron chi connectivity index (χ4n) is 2.46. The van der Waals surface area contributed by atoms with Crippen molar-refractivity contribution < 1.29 is 0 Å². The monoisotopic (exact) mass is 271 g/mol. The van der Waals surface area contributed by atoms with Gasteiger partial charge in [-0.05, 0) is 18.0 Å². The molecule has 1 atom stereocenters. The average molecular weight is 271 g/mol. The lowest BCUT2D eigenvalue weighted by atomic mass is 10.1. The van der Waals surface area contributed by atoms with E-state index >= 15 is 0 Å². The third-order valence-corrected chi connectivity index (χ3v) is 3.48. The van der Waals surface area contributed by atoms with E-state index in [0.29, 0.717) is 12.0 Å². The number of aryl methyl sites for hydroxylation is 1. The molecular formula is C17H25N3. The number of hydrogen-bond acceptors (Lipinski definition) is 2. The van der Waals surface area contributed by atoms with E-state index < -0.39 is 0 Å². The van der Waals surface area contributed by atoms with E-state index in [2.05, 4.69) is 72.2 Å². The van der Waals surface area contributed by atoms with Crippen molar-refractivity contribution in [2.75, 3.05) is 13.1 Å². The first-order valence-corrected chi connectivity index (χ1v) is 7.49. The smallest absolute Gasteiger partial charge is 0.108 e. The number of hydrogen-bond donors (Lipinski definition) is 1. The first-order chi connectivity index (χ1) is 9.72. The van der Waals surface area contributed by atoms with Gasteiger partial charge >= 0.3 is 0 Å². The molecule has 3 heteroatoms. The fraction of sp³-hybridized carbons (Fsp3) is 0.471. The molecule has 1 aromatic heterocycles. The van der Waals surface area contributed by atoms with Gasteiger partial charge in [0, 0.05) is 25.4 Å². The Hall–Kier alpha value is -1.61. The molecule has 0 fully saturated rings. The lowest BCUT2D eigenvalue weighted by molar-refractivity contribution is 0.474. The summed E-state index contributed by atoms with van der Waals surface area (Å²) in [6.07, 6.45) is 4.95. The van der Waals surface area contributed by atoms with Crippen molar-refractivity contribution in [2.24, 2.45) is 5.92 Å². The maximum absolute atomic E-state index is 4.46. The number of nitrogens with zero attached hydrogens (tertiary/aromatic N) is 2. The van der Waals surface area contributed by atoms with Crippen LogP contribution in [0.5, 0.6) is 0 Å². The molecule has 0 radical (unpaired) electrons. The third-order valence-electron chi connectivity index (χ3n) is 3.48. The van der Waals surface area contributed by atoms with Gasteiger partial charge in [0.25, 0.3) is 0 Å². The van der Waals surface area contributed by atoms with E-state index in [4.69, 9.17) is 0 Å². The normalized spacial score (nSPS) is 12.8. The minimum Gasteiger partial charge on any atom is -0.326 e. The van der Waals surface area contributed by atoms with Crippen LogP contribution >= 0.6 is 0 Å². The van der Waals surface area contributed by atoms with E-state index in [1.54, 1.807) is 0 Å². The molecule has 20 heavy (non-hydrogen) atoms. The van der Waals surface area contributed by atoms with Crippen LogP contribution in [0.2, 0.25) is 0 Å². The van der Waals surface area contributed by atoms with Crippen molar-refractivity contribution in [1.82, 2.24) is 14.9 Å². The molecule has 2 rings (SSSR count). The largest absolute Gasteiger partial charge is 0.326 e. The van der Waals surface area contributed by atoms with Crippen molar-refractivity contribution in [2.45, 2.75) is 33.2 Å². The van der Waals surface area contributed by atoms with Crippen LogP contribution in [0.15, 0.2) is 42.7 Å². The van der Waals surface area contributed by atoms with Gasteiger partial charge in [-0.15, -0.1) is 0 Å². The second-order valence-corrected chi connectivity index (χ2v) is 5.58. The number of aromatic nitrogens is 2. The Bertz CT molecular complexity index is 502. The van der Waals surface area contributed by atoms with Gasteiger partial charge < -0.3 is 9.88 Å². The van der Waals surface area contributed by atoms with Crippen LogP contribution in [-0.4, -0.2) is 22.6 Å². The van der Waals surface area contributed by atoms with E-state index in [-0.39, 0.29) is 0 Å². The van der Waals surface area contributed by atoms with Crippen LogP contribution in [0.1, 0.15) is 38.2 Å². The fourth-order valence-corrected chi connectivity index (χ4v) is 2.46. The summed E-state index contributed by atoms with van der Waals surface area (Å²) >= 11 is 0. The molecule has 1 unspecified atom stereocenters. The Balaban J connectivity index is 2.20. The van der Waals surface area contributed by atoms with Gasteiger partial charge in [0.2, 0.25) is 0 Å². The van der Waals surface area contributed by atoms with Crippen LogP contribution in [0.4, 0.5) is 0 Å². The molecule has 0 amide bonds. The van der Waals surface area contributed by atoms with Gasteiger partial charge in [0.05, 0.1) is 6.04 Å². The van der Waals surface area contributed by atoms with Crippen LogP contribution in [0, 0.1) is 5.92 Å². The molecule has 0 saturated heterocycles. The standard InChI is InChI=1S/C17H25N3/c1-4-17-19-10-11-20(17)16(13-18-12-14(2)3)15-8-6-5-7-9-15/h5-11,14,16,18H,4,12-13H2,1-3H3. The average Bonchev–Trinajstić information content (AvgIpc) is 2.92.